The highest BCUT2D eigenvalue weighted by Gasteiger charge is 2.46. The Hall–Kier alpha value is -2.18. The van der Waals surface area contributed by atoms with Gasteiger partial charge in [-0.15, -0.1) is 0 Å². The smallest absolute Gasteiger partial charge is 0.250 e. The van der Waals surface area contributed by atoms with Crippen LogP contribution in [-0.2, 0) is 28.2 Å². The van der Waals surface area contributed by atoms with Gasteiger partial charge in [0.15, 0.2) is 6.10 Å². The third kappa shape index (κ3) is 3.07. The minimum Gasteiger partial charge on any atom is -0.357 e. The second-order valence-corrected chi connectivity index (χ2v) is 6.88. The molecular weight excluding hydrogens is 316 g/mol. The van der Waals surface area contributed by atoms with Crippen LogP contribution in [0.15, 0.2) is 42.7 Å². The van der Waals surface area contributed by atoms with Crippen molar-refractivity contribution in [3.05, 3.63) is 54.1 Å². The van der Waals surface area contributed by atoms with Gasteiger partial charge < -0.3 is 14.6 Å². The number of nitrogens with zero attached hydrogens (tertiary/aromatic N) is 3. The normalized spacial score (nSPS) is 22.5. The van der Waals surface area contributed by atoms with Crippen LogP contribution in [-0.4, -0.2) is 46.6 Å². The number of hydrogen-bond donors (Lipinski definition) is 1. The molecular formula is C19H24N4O2. The van der Waals surface area contributed by atoms with Crippen molar-refractivity contribution in [3.63, 3.8) is 0 Å². The molecule has 1 atom stereocenters. The highest BCUT2D eigenvalue weighted by molar-refractivity contribution is 5.80. The zero-order valence-electron chi connectivity index (χ0n) is 14.5. The number of carbonyl (C=O) groups is 1. The average Bonchev–Trinajstić information content (AvgIpc) is 3.13. The lowest BCUT2D eigenvalue weighted by atomic mass is 9.88. The number of benzene rings is 1. The van der Waals surface area contributed by atoms with E-state index in [0.29, 0.717) is 6.54 Å². The second kappa shape index (κ2) is 6.61. The lowest BCUT2D eigenvalue weighted by Crippen LogP contribution is -2.53. The van der Waals surface area contributed by atoms with Crippen LogP contribution < -0.4 is 5.32 Å². The van der Waals surface area contributed by atoms with Crippen LogP contribution in [0.2, 0.25) is 0 Å². The number of imidazole rings is 1. The van der Waals surface area contributed by atoms with Gasteiger partial charge in [0, 0.05) is 39.1 Å². The third-order valence-electron chi connectivity index (χ3n) is 5.30. The fourth-order valence-electron chi connectivity index (χ4n) is 3.95. The minimum absolute atomic E-state index is 0.0644. The summed E-state index contributed by atoms with van der Waals surface area (Å²) in [4.78, 5) is 19.1. The Bertz CT molecular complexity index is 735. The van der Waals surface area contributed by atoms with E-state index in [2.05, 4.69) is 44.0 Å². The van der Waals surface area contributed by atoms with Gasteiger partial charge in [0.2, 0.25) is 0 Å². The Labute approximate surface area is 147 Å². The number of carbonyl (C=O) groups excluding carboxylic acids is 1. The summed E-state index contributed by atoms with van der Waals surface area (Å²) >= 11 is 0. The maximum atomic E-state index is 12.1. The molecule has 2 aliphatic rings. The van der Waals surface area contributed by atoms with Gasteiger partial charge in [-0.05, 0) is 18.4 Å². The summed E-state index contributed by atoms with van der Waals surface area (Å²) in [5.74, 6) is 0.900. The van der Waals surface area contributed by atoms with Crippen LogP contribution in [0.4, 0.5) is 0 Å². The zero-order chi connectivity index (χ0) is 17.3. The van der Waals surface area contributed by atoms with E-state index in [4.69, 9.17) is 4.74 Å². The number of nitrogens with one attached hydrogen (secondary N) is 1. The quantitative estimate of drug-likeness (QED) is 0.920. The van der Waals surface area contributed by atoms with E-state index in [1.165, 1.54) is 5.56 Å². The van der Waals surface area contributed by atoms with E-state index in [1.807, 2.05) is 18.5 Å². The molecule has 6 heteroatoms. The highest BCUT2D eigenvalue weighted by atomic mass is 16.5. The summed E-state index contributed by atoms with van der Waals surface area (Å²) in [6.45, 7) is 3.35. The molecule has 2 aliphatic heterocycles. The molecule has 4 rings (SSSR count). The number of likely N-dealkylation sites (tertiary alicyclic amines) is 1. The van der Waals surface area contributed by atoms with Gasteiger partial charge in [-0.1, -0.05) is 30.3 Å². The fraction of sp³-hybridized carbons (Fsp3) is 0.474. The number of likely N-dealkylation sites (N-methyl/N-ethyl adjacent to an activating group) is 1. The molecule has 1 aromatic heterocycles. The molecule has 1 amide bonds. The van der Waals surface area contributed by atoms with Crippen LogP contribution in [0.25, 0.3) is 0 Å². The molecule has 132 valence electrons. The van der Waals surface area contributed by atoms with Crippen molar-refractivity contribution >= 4 is 5.91 Å². The number of fused-ring (bicyclic) bond motifs is 2. The molecule has 2 aromatic rings. The Morgan fingerprint density at radius 3 is 2.80 bits per heavy atom. The predicted molar refractivity (Wildman–Crippen MR) is 93.8 cm³/mol. The van der Waals surface area contributed by atoms with Gasteiger partial charge in [-0.2, -0.15) is 0 Å². The zero-order valence-corrected chi connectivity index (χ0v) is 14.5. The molecule has 0 saturated carbocycles. The number of hydrogen-bond acceptors (Lipinski definition) is 4. The largest absolute Gasteiger partial charge is 0.357 e. The minimum atomic E-state index is -0.452. The molecule has 0 aliphatic carbocycles. The first-order valence-corrected chi connectivity index (χ1v) is 8.87. The van der Waals surface area contributed by atoms with Gasteiger partial charge in [0.05, 0.1) is 6.54 Å². The lowest BCUT2D eigenvalue weighted by Gasteiger charge is -2.45. The Morgan fingerprint density at radius 1 is 1.32 bits per heavy atom. The van der Waals surface area contributed by atoms with Crippen molar-refractivity contribution in [1.29, 1.82) is 0 Å². The highest BCUT2D eigenvalue weighted by Crippen LogP contribution is 2.40. The van der Waals surface area contributed by atoms with E-state index < -0.39 is 11.7 Å². The Balaban J connectivity index is 1.50. The van der Waals surface area contributed by atoms with Crippen molar-refractivity contribution in [1.82, 2.24) is 19.8 Å². The first kappa shape index (κ1) is 16.3. The molecule has 6 nitrogen and oxygen atoms in total. The van der Waals surface area contributed by atoms with Gasteiger partial charge in [-0.3, -0.25) is 9.69 Å². The molecule has 1 fully saturated rings. The van der Waals surface area contributed by atoms with Crippen LogP contribution in [0, 0.1) is 0 Å². The number of piperidine rings is 1. The number of amides is 1. The molecule has 0 radical (unpaired) electrons. The van der Waals surface area contributed by atoms with Crippen molar-refractivity contribution < 1.29 is 9.53 Å². The van der Waals surface area contributed by atoms with Crippen molar-refractivity contribution in [3.8, 4) is 0 Å². The summed E-state index contributed by atoms with van der Waals surface area (Å²) < 4.78 is 8.41. The van der Waals surface area contributed by atoms with Crippen LogP contribution in [0.5, 0.6) is 0 Å². The molecule has 3 heterocycles. The van der Waals surface area contributed by atoms with Gasteiger partial charge >= 0.3 is 0 Å². The van der Waals surface area contributed by atoms with E-state index in [9.17, 15) is 4.79 Å². The molecule has 1 N–H and O–H groups in total. The molecule has 1 saturated heterocycles. The monoisotopic (exact) mass is 340 g/mol. The van der Waals surface area contributed by atoms with E-state index in [0.717, 1.165) is 38.3 Å². The predicted octanol–water partition coefficient (Wildman–Crippen LogP) is 1.52. The maximum Gasteiger partial charge on any atom is 0.250 e. The van der Waals surface area contributed by atoms with Crippen molar-refractivity contribution in [2.45, 2.75) is 37.6 Å². The SMILES string of the molecule is CNC(=O)C1Cn2ccnc2C2(CCN(Cc3ccccc3)CC2)O1. The summed E-state index contributed by atoms with van der Waals surface area (Å²) in [7, 11) is 1.66. The lowest BCUT2D eigenvalue weighted by molar-refractivity contribution is -0.173. The summed E-state index contributed by atoms with van der Waals surface area (Å²) in [5, 5.41) is 2.71. The van der Waals surface area contributed by atoms with Gasteiger partial charge in [0.1, 0.15) is 11.4 Å². The number of aromatic nitrogens is 2. The first-order chi connectivity index (χ1) is 12.2. The molecule has 25 heavy (non-hydrogen) atoms. The van der Waals surface area contributed by atoms with Gasteiger partial charge in [-0.25, -0.2) is 4.98 Å². The third-order valence-corrected chi connectivity index (χ3v) is 5.30. The standard InChI is InChI=1S/C19H24N4O2/c1-20-17(24)16-14-23-12-9-21-18(23)19(25-16)7-10-22(11-8-19)13-15-5-3-2-4-6-15/h2-6,9,12,16H,7-8,10-11,13-14H2,1H3,(H,20,24). The molecule has 1 unspecified atom stereocenters. The maximum absolute atomic E-state index is 12.1. The molecule has 0 bridgehead atoms. The van der Waals surface area contributed by atoms with Gasteiger partial charge in [0.25, 0.3) is 5.91 Å². The van der Waals surface area contributed by atoms with E-state index in [1.54, 1.807) is 7.05 Å². The van der Waals surface area contributed by atoms with E-state index in [-0.39, 0.29) is 5.91 Å². The Morgan fingerprint density at radius 2 is 2.08 bits per heavy atom. The average molecular weight is 340 g/mol. The number of rotatable bonds is 3. The molecule has 1 aromatic carbocycles. The second-order valence-electron chi connectivity index (χ2n) is 6.88. The van der Waals surface area contributed by atoms with Crippen LogP contribution in [0.3, 0.4) is 0 Å². The Kier molecular flexibility index (Phi) is 4.31. The van der Waals surface area contributed by atoms with Crippen LogP contribution >= 0.6 is 0 Å². The van der Waals surface area contributed by atoms with E-state index >= 15 is 0 Å². The fourth-order valence-corrected chi connectivity index (χ4v) is 3.95. The van der Waals surface area contributed by atoms with Crippen molar-refractivity contribution in [2.24, 2.45) is 0 Å². The first-order valence-electron chi connectivity index (χ1n) is 8.87. The van der Waals surface area contributed by atoms with Crippen LogP contribution in [0.1, 0.15) is 24.2 Å². The van der Waals surface area contributed by atoms with Crippen molar-refractivity contribution in [2.75, 3.05) is 20.1 Å². The topological polar surface area (TPSA) is 59.4 Å². The summed E-state index contributed by atoms with van der Waals surface area (Å²) in [6.07, 6.45) is 5.01. The molecule has 1 spiro atoms. The number of ether oxygens (including phenoxy) is 1. The summed E-state index contributed by atoms with van der Waals surface area (Å²) in [5.41, 5.74) is 0.874. The summed E-state index contributed by atoms with van der Waals surface area (Å²) in [6, 6.07) is 10.5.